The maximum Gasteiger partial charge on any atom is 0.0468 e. The van der Waals surface area contributed by atoms with Gasteiger partial charge in [-0.1, -0.05) is 103 Å². The minimum atomic E-state index is 0.925. The fraction of sp³-hybridized carbons (Fsp3) is 0.0500. The van der Waals surface area contributed by atoms with Crippen molar-refractivity contribution >= 4 is 45.3 Å². The lowest BCUT2D eigenvalue weighted by molar-refractivity contribution is 1.20. The van der Waals surface area contributed by atoms with Crippen LogP contribution in [-0.2, 0) is 6.42 Å². The second-order valence-corrected chi connectivity index (χ2v) is 10.7. The van der Waals surface area contributed by atoms with E-state index in [2.05, 4.69) is 181 Å². The third kappa shape index (κ3) is 5.11. The number of allylic oxidation sites excluding steroid dienone is 3. The van der Waals surface area contributed by atoms with E-state index in [-0.39, 0.29) is 0 Å². The van der Waals surface area contributed by atoms with Crippen molar-refractivity contribution in [2.75, 3.05) is 16.8 Å². The molecule has 0 unspecified atom stereocenters. The third-order valence-corrected chi connectivity index (χ3v) is 8.09. The molecule has 0 spiro atoms. The van der Waals surface area contributed by atoms with E-state index < -0.39 is 0 Å². The largest absolute Gasteiger partial charge is 0.345 e. The quantitative estimate of drug-likeness (QED) is 0.207. The van der Waals surface area contributed by atoms with E-state index in [0.717, 1.165) is 34.9 Å². The third-order valence-electron chi connectivity index (χ3n) is 8.09. The van der Waals surface area contributed by atoms with Crippen LogP contribution in [0.15, 0.2) is 158 Å². The maximum atomic E-state index is 2.36. The molecule has 6 aromatic carbocycles. The number of hydrogen-bond acceptors (Lipinski definition) is 2. The molecule has 0 saturated heterocycles. The van der Waals surface area contributed by atoms with Crippen LogP contribution >= 0.6 is 0 Å². The number of rotatable bonds is 6. The molecule has 0 heterocycles. The monoisotopic (exact) mass is 540 g/mol. The highest BCUT2D eigenvalue weighted by Crippen LogP contribution is 2.38. The average molecular weight is 541 g/mol. The molecule has 7 rings (SSSR count). The van der Waals surface area contributed by atoms with Crippen LogP contribution in [0.2, 0.25) is 0 Å². The van der Waals surface area contributed by atoms with Gasteiger partial charge >= 0.3 is 0 Å². The zero-order valence-electron chi connectivity index (χ0n) is 23.7. The Kier molecular flexibility index (Phi) is 6.87. The molecule has 0 fully saturated rings. The predicted octanol–water partition coefficient (Wildman–Crippen LogP) is 10.9. The second-order valence-electron chi connectivity index (χ2n) is 10.7. The first-order valence-electron chi connectivity index (χ1n) is 14.5. The van der Waals surface area contributed by atoms with E-state index in [4.69, 9.17) is 0 Å². The molecule has 2 nitrogen and oxygen atoms in total. The van der Waals surface area contributed by atoms with Crippen LogP contribution in [0.5, 0.6) is 0 Å². The van der Waals surface area contributed by atoms with Gasteiger partial charge in [-0.25, -0.2) is 0 Å². The Morgan fingerprint density at radius 1 is 0.476 bits per heavy atom. The van der Waals surface area contributed by atoms with E-state index in [1.807, 2.05) is 0 Å². The van der Waals surface area contributed by atoms with Crippen molar-refractivity contribution in [2.45, 2.75) is 6.42 Å². The molecule has 0 radical (unpaired) electrons. The minimum absolute atomic E-state index is 0.925. The van der Waals surface area contributed by atoms with Crippen molar-refractivity contribution in [3.8, 4) is 11.1 Å². The van der Waals surface area contributed by atoms with Crippen LogP contribution in [0.25, 0.3) is 28.0 Å². The van der Waals surface area contributed by atoms with Crippen LogP contribution in [0.1, 0.15) is 11.1 Å². The number of fused-ring (bicyclic) bond motifs is 2. The first kappa shape index (κ1) is 25.6. The summed E-state index contributed by atoms with van der Waals surface area (Å²) in [6.45, 7) is 0. The van der Waals surface area contributed by atoms with Crippen molar-refractivity contribution in [1.29, 1.82) is 0 Å². The Hall–Kier alpha value is -5.34. The summed E-state index contributed by atoms with van der Waals surface area (Å²) < 4.78 is 0. The van der Waals surface area contributed by atoms with Gasteiger partial charge in [-0.2, -0.15) is 0 Å². The van der Waals surface area contributed by atoms with Gasteiger partial charge in [-0.15, -0.1) is 0 Å². The fourth-order valence-electron chi connectivity index (χ4n) is 5.75. The molecule has 0 saturated carbocycles. The van der Waals surface area contributed by atoms with Crippen molar-refractivity contribution < 1.29 is 0 Å². The van der Waals surface area contributed by atoms with Crippen LogP contribution in [0.3, 0.4) is 0 Å². The van der Waals surface area contributed by atoms with Gasteiger partial charge in [0.05, 0.1) is 0 Å². The smallest absolute Gasteiger partial charge is 0.0468 e. The fourth-order valence-corrected chi connectivity index (χ4v) is 5.75. The standard InChI is InChI=1S/C40H32N2/c1-41(36-20-16-33(17-21-36)30-10-4-2-5-11-30)37-24-26-38(27-25-37)42(40-23-19-32-13-8-9-15-35(32)29-40)39-22-18-31-12-6-3-7-14-34(31)28-39/h2-13,15-29H,14H2,1H3. The molecule has 0 aliphatic heterocycles. The van der Waals surface area contributed by atoms with E-state index in [9.17, 15) is 0 Å². The topological polar surface area (TPSA) is 6.48 Å². The lowest BCUT2D eigenvalue weighted by Gasteiger charge is -2.28. The number of benzene rings is 6. The summed E-state index contributed by atoms with van der Waals surface area (Å²) in [7, 11) is 2.13. The normalized spacial score (nSPS) is 12.1. The SMILES string of the molecule is CN(c1ccc(-c2ccccc2)cc1)c1ccc(N(c2ccc3c(c2)CC=CC=C3)c2ccc3ccccc3c2)cc1. The lowest BCUT2D eigenvalue weighted by Crippen LogP contribution is -2.12. The lowest BCUT2D eigenvalue weighted by atomic mass is 10.0. The summed E-state index contributed by atoms with van der Waals surface area (Å²) in [6.07, 6.45) is 9.60. The van der Waals surface area contributed by atoms with Gasteiger partial charge in [0.2, 0.25) is 0 Å². The molecule has 1 aliphatic carbocycles. The minimum Gasteiger partial charge on any atom is -0.345 e. The highest BCUT2D eigenvalue weighted by Gasteiger charge is 2.16. The first-order chi connectivity index (χ1) is 20.7. The summed E-state index contributed by atoms with van der Waals surface area (Å²) in [6, 6.07) is 50.2. The molecule has 0 N–H and O–H groups in total. The van der Waals surface area contributed by atoms with Crippen molar-refractivity contribution in [1.82, 2.24) is 0 Å². The van der Waals surface area contributed by atoms with E-state index in [1.54, 1.807) is 0 Å². The van der Waals surface area contributed by atoms with E-state index in [1.165, 1.54) is 33.0 Å². The van der Waals surface area contributed by atoms with E-state index in [0.29, 0.717) is 0 Å². The number of hydrogen-bond donors (Lipinski definition) is 0. The van der Waals surface area contributed by atoms with Gasteiger partial charge < -0.3 is 9.80 Å². The molecule has 6 aromatic rings. The number of nitrogens with zero attached hydrogens (tertiary/aromatic N) is 2. The number of anilines is 5. The molecule has 42 heavy (non-hydrogen) atoms. The van der Waals surface area contributed by atoms with Gasteiger partial charge in [0.1, 0.15) is 0 Å². The van der Waals surface area contributed by atoms with Crippen LogP contribution in [0.4, 0.5) is 28.4 Å². The average Bonchev–Trinajstić information content (AvgIpc) is 3.31. The maximum absolute atomic E-state index is 2.36. The van der Waals surface area contributed by atoms with Crippen LogP contribution in [-0.4, -0.2) is 7.05 Å². The van der Waals surface area contributed by atoms with E-state index >= 15 is 0 Å². The Labute approximate surface area is 248 Å². The van der Waals surface area contributed by atoms with Crippen LogP contribution < -0.4 is 9.80 Å². The Morgan fingerprint density at radius 3 is 1.86 bits per heavy atom. The molecule has 1 aliphatic rings. The van der Waals surface area contributed by atoms with Crippen molar-refractivity contribution in [3.05, 3.63) is 169 Å². The Bertz CT molecular complexity index is 1900. The molecule has 2 heteroatoms. The van der Waals surface area contributed by atoms with Crippen LogP contribution in [0, 0.1) is 0 Å². The molecule has 202 valence electrons. The summed E-state index contributed by atoms with van der Waals surface area (Å²) in [5, 5.41) is 2.48. The summed E-state index contributed by atoms with van der Waals surface area (Å²) in [5.74, 6) is 0. The highest BCUT2D eigenvalue weighted by atomic mass is 15.1. The Morgan fingerprint density at radius 2 is 1.07 bits per heavy atom. The zero-order chi connectivity index (χ0) is 28.3. The predicted molar refractivity (Wildman–Crippen MR) is 180 cm³/mol. The van der Waals surface area contributed by atoms with Gasteiger partial charge in [0.15, 0.2) is 0 Å². The molecule has 0 atom stereocenters. The zero-order valence-corrected chi connectivity index (χ0v) is 23.7. The molecular weight excluding hydrogens is 508 g/mol. The molecule has 0 aromatic heterocycles. The molecular formula is C40H32N2. The molecule has 0 bridgehead atoms. The van der Waals surface area contributed by atoms with Gasteiger partial charge in [-0.3, -0.25) is 0 Å². The summed E-state index contributed by atoms with van der Waals surface area (Å²) in [4.78, 5) is 4.60. The van der Waals surface area contributed by atoms with Gasteiger partial charge in [0.25, 0.3) is 0 Å². The van der Waals surface area contributed by atoms with Gasteiger partial charge in [0, 0.05) is 35.5 Å². The van der Waals surface area contributed by atoms with Crippen molar-refractivity contribution in [3.63, 3.8) is 0 Å². The highest BCUT2D eigenvalue weighted by molar-refractivity contribution is 5.89. The summed E-state index contributed by atoms with van der Waals surface area (Å²) >= 11 is 0. The second kappa shape index (κ2) is 11.3. The molecule has 0 amide bonds. The first-order valence-corrected chi connectivity index (χ1v) is 14.5. The van der Waals surface area contributed by atoms with Crippen molar-refractivity contribution in [2.24, 2.45) is 0 Å². The van der Waals surface area contributed by atoms with Gasteiger partial charge in [-0.05, 0) is 100 Å². The summed E-state index contributed by atoms with van der Waals surface area (Å²) in [5.41, 5.74) is 10.8. The Balaban J connectivity index is 1.23.